The number of esters is 4. The van der Waals surface area contributed by atoms with Crippen LogP contribution in [0.5, 0.6) is 0 Å². The van der Waals surface area contributed by atoms with E-state index in [4.69, 9.17) is 18.9 Å². The fourth-order valence-corrected chi connectivity index (χ4v) is 1.48. The largest absolute Gasteiger partial charge is 0.425 e. The summed E-state index contributed by atoms with van der Waals surface area (Å²) in [5, 5.41) is 0. The summed E-state index contributed by atoms with van der Waals surface area (Å²) in [6.45, 7) is 4.77. The normalized spacial score (nSPS) is 10.2. The molecule has 0 aliphatic carbocycles. The Hall–Kier alpha value is -2.12. The molecule has 8 heteroatoms. The monoisotopic (exact) mass is 304 g/mol. The van der Waals surface area contributed by atoms with Crippen LogP contribution >= 0.6 is 0 Å². The highest BCUT2D eigenvalue weighted by atomic mass is 16.7. The van der Waals surface area contributed by atoms with E-state index in [-0.39, 0.29) is 12.8 Å². The summed E-state index contributed by atoms with van der Waals surface area (Å²) in [6, 6.07) is 0. The van der Waals surface area contributed by atoms with Crippen LogP contribution in [-0.2, 0) is 38.1 Å². The second-order valence-corrected chi connectivity index (χ2v) is 4.23. The van der Waals surface area contributed by atoms with Crippen molar-refractivity contribution in [3.8, 4) is 0 Å². The number of hydrogen-bond acceptors (Lipinski definition) is 8. The number of carbonyl (C=O) groups is 4. The molecule has 0 atom stereocenters. The van der Waals surface area contributed by atoms with Gasteiger partial charge >= 0.3 is 23.9 Å². The third kappa shape index (κ3) is 11.4. The van der Waals surface area contributed by atoms with E-state index in [2.05, 4.69) is 0 Å². The topological polar surface area (TPSA) is 105 Å². The molecule has 0 bridgehead atoms. The zero-order valence-electron chi connectivity index (χ0n) is 12.5. The Kier molecular flexibility index (Phi) is 8.75. The van der Waals surface area contributed by atoms with Crippen molar-refractivity contribution in [2.45, 2.75) is 59.5 Å². The van der Waals surface area contributed by atoms with Crippen molar-refractivity contribution in [3.05, 3.63) is 0 Å². The first kappa shape index (κ1) is 18.9. The van der Waals surface area contributed by atoms with E-state index in [0.717, 1.165) is 0 Å². The van der Waals surface area contributed by atoms with Crippen molar-refractivity contribution in [1.29, 1.82) is 0 Å². The molecule has 0 unspecified atom stereocenters. The van der Waals surface area contributed by atoms with Gasteiger partial charge in [-0.15, -0.1) is 0 Å². The molecule has 0 N–H and O–H groups in total. The summed E-state index contributed by atoms with van der Waals surface area (Å²) in [6.07, 6.45) is -1.31. The maximum Gasteiger partial charge on any atom is 0.305 e. The van der Waals surface area contributed by atoms with Crippen LogP contribution < -0.4 is 0 Å². The highest BCUT2D eigenvalue weighted by Crippen LogP contribution is 2.12. The second-order valence-electron chi connectivity index (χ2n) is 4.23. The van der Waals surface area contributed by atoms with Gasteiger partial charge in [0.25, 0.3) is 0 Å². The summed E-state index contributed by atoms with van der Waals surface area (Å²) < 4.78 is 19.2. The van der Waals surface area contributed by atoms with Crippen molar-refractivity contribution in [2.24, 2.45) is 0 Å². The standard InChI is InChI=1S/C13H20O8/c1-8(14)18-12(19-9(2)15)6-5-7-13(20-10(3)16)21-11(4)17/h12-13H,5-7H2,1-4H3. The quantitative estimate of drug-likeness (QED) is 0.484. The Morgan fingerprint density at radius 3 is 1.05 bits per heavy atom. The van der Waals surface area contributed by atoms with Crippen molar-refractivity contribution in [2.75, 3.05) is 0 Å². The van der Waals surface area contributed by atoms with Gasteiger partial charge in [0.2, 0.25) is 12.6 Å². The minimum Gasteiger partial charge on any atom is -0.425 e. The molecule has 8 nitrogen and oxygen atoms in total. The van der Waals surface area contributed by atoms with Gasteiger partial charge in [0.05, 0.1) is 0 Å². The minimum atomic E-state index is -1.02. The molecule has 0 aliphatic heterocycles. The summed E-state index contributed by atoms with van der Waals surface area (Å²) in [5.41, 5.74) is 0. The highest BCUT2D eigenvalue weighted by Gasteiger charge is 2.19. The van der Waals surface area contributed by atoms with Crippen LogP contribution in [0.2, 0.25) is 0 Å². The fourth-order valence-electron chi connectivity index (χ4n) is 1.48. The van der Waals surface area contributed by atoms with Gasteiger partial charge < -0.3 is 18.9 Å². The van der Waals surface area contributed by atoms with Gasteiger partial charge in [-0.2, -0.15) is 0 Å². The highest BCUT2D eigenvalue weighted by molar-refractivity contribution is 5.68. The first-order valence-electron chi connectivity index (χ1n) is 6.39. The number of carbonyl (C=O) groups excluding carboxylic acids is 4. The smallest absolute Gasteiger partial charge is 0.305 e. The van der Waals surface area contributed by atoms with Crippen molar-refractivity contribution in [3.63, 3.8) is 0 Å². The molecule has 0 aromatic carbocycles. The minimum absolute atomic E-state index is 0.193. The molecule has 0 saturated carbocycles. The Balaban J connectivity index is 4.34. The summed E-state index contributed by atoms with van der Waals surface area (Å²) in [7, 11) is 0. The molecule has 0 aromatic heterocycles. The van der Waals surface area contributed by atoms with Crippen LogP contribution in [0.25, 0.3) is 0 Å². The summed E-state index contributed by atoms with van der Waals surface area (Å²) in [5.74, 6) is -2.34. The SMILES string of the molecule is CC(=O)OC(CCCC(OC(C)=O)OC(C)=O)OC(C)=O. The van der Waals surface area contributed by atoms with E-state index >= 15 is 0 Å². The number of ether oxygens (including phenoxy) is 4. The second kappa shape index (κ2) is 9.73. The van der Waals surface area contributed by atoms with Crippen LogP contribution in [-0.4, -0.2) is 36.5 Å². The first-order chi connectivity index (χ1) is 9.70. The van der Waals surface area contributed by atoms with Crippen LogP contribution in [0.15, 0.2) is 0 Å². The van der Waals surface area contributed by atoms with Crippen LogP contribution in [0.1, 0.15) is 47.0 Å². The zero-order chi connectivity index (χ0) is 16.4. The molecule has 0 heterocycles. The molecule has 120 valence electrons. The molecule has 0 spiro atoms. The average molecular weight is 304 g/mol. The van der Waals surface area contributed by atoms with E-state index in [1.54, 1.807) is 0 Å². The third-order valence-corrected chi connectivity index (χ3v) is 2.07. The van der Waals surface area contributed by atoms with E-state index in [1.165, 1.54) is 27.7 Å². The van der Waals surface area contributed by atoms with Gasteiger partial charge in [-0.1, -0.05) is 0 Å². The molecule has 21 heavy (non-hydrogen) atoms. The van der Waals surface area contributed by atoms with Gasteiger partial charge in [0, 0.05) is 40.5 Å². The molecule has 0 radical (unpaired) electrons. The lowest BCUT2D eigenvalue weighted by molar-refractivity contribution is -0.189. The maximum atomic E-state index is 10.9. The average Bonchev–Trinajstić information content (AvgIpc) is 2.24. The molecule has 0 saturated heterocycles. The predicted octanol–water partition coefficient (Wildman–Crippen LogP) is 1.06. The Morgan fingerprint density at radius 2 is 0.857 bits per heavy atom. The molecule has 0 rings (SSSR count). The van der Waals surface area contributed by atoms with Gasteiger partial charge in [0.15, 0.2) is 0 Å². The van der Waals surface area contributed by atoms with Crippen LogP contribution in [0.4, 0.5) is 0 Å². The van der Waals surface area contributed by atoms with Crippen molar-refractivity contribution >= 4 is 23.9 Å². The van der Waals surface area contributed by atoms with Crippen molar-refractivity contribution < 1.29 is 38.1 Å². The third-order valence-electron chi connectivity index (χ3n) is 2.07. The van der Waals surface area contributed by atoms with E-state index < -0.39 is 36.5 Å². The zero-order valence-corrected chi connectivity index (χ0v) is 12.5. The molecule has 0 aliphatic rings. The first-order valence-corrected chi connectivity index (χ1v) is 6.39. The number of rotatable bonds is 8. The predicted molar refractivity (Wildman–Crippen MR) is 68.5 cm³/mol. The molecule has 0 aromatic rings. The van der Waals surface area contributed by atoms with Gasteiger partial charge in [-0.05, 0) is 6.42 Å². The summed E-state index contributed by atoms with van der Waals surface area (Å²) in [4.78, 5) is 43.5. The van der Waals surface area contributed by atoms with Gasteiger partial charge in [-0.3, -0.25) is 19.2 Å². The van der Waals surface area contributed by atoms with Crippen LogP contribution in [0, 0.1) is 0 Å². The van der Waals surface area contributed by atoms with Crippen LogP contribution in [0.3, 0.4) is 0 Å². The fraction of sp³-hybridized carbons (Fsp3) is 0.692. The number of hydrogen-bond donors (Lipinski definition) is 0. The van der Waals surface area contributed by atoms with E-state index in [1.807, 2.05) is 0 Å². The lowest BCUT2D eigenvalue weighted by Gasteiger charge is -2.19. The maximum absolute atomic E-state index is 10.9. The van der Waals surface area contributed by atoms with E-state index in [0.29, 0.717) is 6.42 Å². The molecule has 0 fully saturated rings. The summed E-state index contributed by atoms with van der Waals surface area (Å²) >= 11 is 0. The Labute approximate surface area is 122 Å². The van der Waals surface area contributed by atoms with E-state index in [9.17, 15) is 19.2 Å². The molecule has 0 amide bonds. The Morgan fingerprint density at radius 1 is 0.619 bits per heavy atom. The Bertz CT molecular complexity index is 322. The molecular weight excluding hydrogens is 284 g/mol. The van der Waals surface area contributed by atoms with Gasteiger partial charge in [0.1, 0.15) is 0 Å². The lowest BCUT2D eigenvalue weighted by atomic mass is 10.2. The lowest BCUT2D eigenvalue weighted by Crippen LogP contribution is -2.25. The van der Waals surface area contributed by atoms with Crippen molar-refractivity contribution in [1.82, 2.24) is 0 Å². The molecular formula is C13H20O8. The van der Waals surface area contributed by atoms with Gasteiger partial charge in [-0.25, -0.2) is 0 Å².